The Balaban J connectivity index is 1.56. The second kappa shape index (κ2) is 5.88. The van der Waals surface area contributed by atoms with Crippen LogP contribution in [0.1, 0.15) is 16.7 Å². The Morgan fingerprint density at radius 2 is 1.84 bits per heavy atom. The number of rotatable bonds is 3. The molecule has 1 saturated heterocycles. The van der Waals surface area contributed by atoms with Crippen LogP contribution < -0.4 is 10.1 Å². The predicted molar refractivity (Wildman–Crippen MR) is 96.4 cm³/mol. The fourth-order valence-electron chi connectivity index (χ4n) is 3.62. The van der Waals surface area contributed by atoms with Crippen LogP contribution >= 0.6 is 15.9 Å². The summed E-state index contributed by atoms with van der Waals surface area (Å²) in [5.74, 6) is 0.592. The first-order valence-corrected chi connectivity index (χ1v) is 8.84. The lowest BCUT2D eigenvalue weighted by atomic mass is 9.96. The molecule has 1 spiro atoms. The van der Waals surface area contributed by atoms with Gasteiger partial charge in [-0.3, -0.25) is 9.69 Å². The largest absolute Gasteiger partial charge is 0.497 e. The van der Waals surface area contributed by atoms with Crippen LogP contribution in [0, 0.1) is 0 Å². The molecule has 1 fully saturated rings. The topological polar surface area (TPSA) is 58.6 Å². The number of ether oxygens (including phenoxy) is 1. The van der Waals surface area contributed by atoms with E-state index in [0.717, 1.165) is 26.9 Å². The van der Waals surface area contributed by atoms with Crippen molar-refractivity contribution >= 4 is 27.9 Å². The quantitative estimate of drug-likeness (QED) is 0.805. The molecule has 0 saturated carbocycles. The van der Waals surface area contributed by atoms with E-state index in [0.29, 0.717) is 12.8 Å². The number of hydrogen-bond donors (Lipinski definition) is 1. The predicted octanol–water partition coefficient (Wildman–Crippen LogP) is 3.05. The average molecular weight is 401 g/mol. The van der Waals surface area contributed by atoms with Gasteiger partial charge in [-0.25, -0.2) is 4.79 Å². The summed E-state index contributed by atoms with van der Waals surface area (Å²) in [6, 6.07) is 13.1. The molecule has 3 amide bonds. The Bertz CT molecular complexity index is 865. The van der Waals surface area contributed by atoms with E-state index in [1.807, 2.05) is 42.5 Å². The number of halogens is 1. The summed E-state index contributed by atoms with van der Waals surface area (Å²) in [5.41, 5.74) is 2.27. The SMILES string of the molecule is COc1ccc(CN2C(=O)NC3(Cc4ccc(Br)cc4C3)C2=O)cc1. The van der Waals surface area contributed by atoms with Crippen molar-refractivity contribution in [2.75, 3.05) is 7.11 Å². The summed E-state index contributed by atoms with van der Waals surface area (Å²) >= 11 is 3.46. The van der Waals surface area contributed by atoms with Gasteiger partial charge >= 0.3 is 6.03 Å². The molecule has 1 atom stereocenters. The molecular weight excluding hydrogens is 384 g/mol. The number of fused-ring (bicyclic) bond motifs is 1. The van der Waals surface area contributed by atoms with Crippen LogP contribution in [-0.4, -0.2) is 29.5 Å². The Hall–Kier alpha value is -2.34. The van der Waals surface area contributed by atoms with Gasteiger partial charge in [-0.15, -0.1) is 0 Å². The lowest BCUT2D eigenvalue weighted by Crippen LogP contribution is -2.47. The first-order chi connectivity index (χ1) is 12.0. The van der Waals surface area contributed by atoms with E-state index in [1.165, 1.54) is 4.90 Å². The molecule has 0 aromatic heterocycles. The molecular formula is C19H17BrN2O3. The van der Waals surface area contributed by atoms with E-state index < -0.39 is 5.54 Å². The van der Waals surface area contributed by atoms with E-state index in [-0.39, 0.29) is 18.5 Å². The second-order valence-corrected chi connectivity index (χ2v) is 7.43. The van der Waals surface area contributed by atoms with Gasteiger partial charge in [0.15, 0.2) is 0 Å². The number of urea groups is 1. The lowest BCUT2D eigenvalue weighted by Gasteiger charge is -2.20. The molecule has 1 unspecified atom stereocenters. The van der Waals surface area contributed by atoms with Crippen molar-refractivity contribution in [3.8, 4) is 5.75 Å². The molecule has 1 aliphatic carbocycles. The summed E-state index contributed by atoms with van der Waals surface area (Å²) in [6.07, 6.45) is 1.07. The first kappa shape index (κ1) is 16.1. The van der Waals surface area contributed by atoms with Crippen LogP contribution in [0.2, 0.25) is 0 Å². The summed E-state index contributed by atoms with van der Waals surface area (Å²) in [7, 11) is 1.60. The van der Waals surface area contributed by atoms with E-state index >= 15 is 0 Å². The number of benzene rings is 2. The molecule has 2 aliphatic rings. The Labute approximate surface area is 154 Å². The van der Waals surface area contributed by atoms with Crippen molar-refractivity contribution in [3.05, 3.63) is 63.6 Å². The van der Waals surface area contributed by atoms with Crippen LogP contribution in [0.25, 0.3) is 0 Å². The highest BCUT2D eigenvalue weighted by molar-refractivity contribution is 9.10. The fraction of sp³-hybridized carbons (Fsp3) is 0.263. The molecule has 5 nitrogen and oxygen atoms in total. The molecule has 1 heterocycles. The summed E-state index contributed by atoms with van der Waals surface area (Å²) in [5, 5.41) is 2.94. The number of carbonyl (C=O) groups is 2. The molecule has 4 rings (SSSR count). The Kier molecular flexibility index (Phi) is 3.80. The highest BCUT2D eigenvalue weighted by Crippen LogP contribution is 2.36. The monoisotopic (exact) mass is 400 g/mol. The molecule has 0 radical (unpaired) electrons. The van der Waals surface area contributed by atoms with Crippen molar-refractivity contribution in [2.24, 2.45) is 0 Å². The third-order valence-electron chi connectivity index (χ3n) is 4.90. The average Bonchev–Trinajstić information content (AvgIpc) is 3.07. The van der Waals surface area contributed by atoms with Gasteiger partial charge in [-0.05, 0) is 41.0 Å². The fourth-order valence-corrected chi connectivity index (χ4v) is 4.03. The minimum atomic E-state index is -0.841. The van der Waals surface area contributed by atoms with Crippen molar-refractivity contribution in [1.29, 1.82) is 0 Å². The van der Waals surface area contributed by atoms with E-state index in [4.69, 9.17) is 4.74 Å². The van der Waals surface area contributed by atoms with Crippen LogP contribution in [0.15, 0.2) is 46.9 Å². The maximum atomic E-state index is 13.0. The van der Waals surface area contributed by atoms with Gasteiger partial charge in [0.2, 0.25) is 0 Å². The second-order valence-electron chi connectivity index (χ2n) is 6.52. The Morgan fingerprint density at radius 3 is 2.56 bits per heavy atom. The highest BCUT2D eigenvalue weighted by Gasteiger charge is 2.53. The van der Waals surface area contributed by atoms with Crippen LogP contribution in [-0.2, 0) is 24.2 Å². The van der Waals surface area contributed by atoms with Crippen LogP contribution in [0.3, 0.4) is 0 Å². The van der Waals surface area contributed by atoms with Gasteiger partial charge in [-0.1, -0.05) is 34.1 Å². The number of carbonyl (C=O) groups excluding carboxylic acids is 2. The van der Waals surface area contributed by atoms with E-state index in [9.17, 15) is 9.59 Å². The minimum absolute atomic E-state index is 0.152. The van der Waals surface area contributed by atoms with Crippen molar-refractivity contribution in [3.63, 3.8) is 0 Å². The molecule has 2 aromatic rings. The minimum Gasteiger partial charge on any atom is -0.497 e. The molecule has 1 N–H and O–H groups in total. The van der Waals surface area contributed by atoms with Crippen LogP contribution in [0.5, 0.6) is 5.75 Å². The molecule has 25 heavy (non-hydrogen) atoms. The summed E-state index contributed by atoms with van der Waals surface area (Å²) in [6.45, 7) is 0.260. The standard InChI is InChI=1S/C19H17BrN2O3/c1-25-16-6-2-12(3-7-16)11-22-17(23)19(21-18(22)24)9-13-4-5-15(20)8-14(13)10-19/h2-8H,9-11H2,1H3,(H,21,24). The van der Waals surface area contributed by atoms with Gasteiger partial charge in [0.05, 0.1) is 13.7 Å². The molecule has 2 aromatic carbocycles. The van der Waals surface area contributed by atoms with E-state index in [1.54, 1.807) is 7.11 Å². The molecule has 1 aliphatic heterocycles. The number of nitrogens with one attached hydrogen (secondary N) is 1. The Morgan fingerprint density at radius 1 is 1.12 bits per heavy atom. The first-order valence-electron chi connectivity index (χ1n) is 8.05. The van der Waals surface area contributed by atoms with Crippen molar-refractivity contribution in [1.82, 2.24) is 10.2 Å². The van der Waals surface area contributed by atoms with Gasteiger partial charge in [0.25, 0.3) is 5.91 Å². The van der Waals surface area contributed by atoms with Crippen molar-refractivity contribution < 1.29 is 14.3 Å². The lowest BCUT2D eigenvalue weighted by molar-refractivity contribution is -0.131. The third kappa shape index (κ3) is 2.70. The number of methoxy groups -OCH3 is 1. The van der Waals surface area contributed by atoms with Gasteiger partial charge in [0.1, 0.15) is 11.3 Å². The van der Waals surface area contributed by atoms with Gasteiger partial charge < -0.3 is 10.1 Å². The zero-order chi connectivity index (χ0) is 17.6. The molecule has 128 valence electrons. The maximum absolute atomic E-state index is 13.0. The van der Waals surface area contributed by atoms with Gasteiger partial charge in [-0.2, -0.15) is 0 Å². The van der Waals surface area contributed by atoms with Gasteiger partial charge in [0, 0.05) is 17.3 Å². The van der Waals surface area contributed by atoms with Crippen molar-refractivity contribution in [2.45, 2.75) is 24.9 Å². The highest BCUT2D eigenvalue weighted by atomic mass is 79.9. The molecule has 0 bridgehead atoms. The third-order valence-corrected chi connectivity index (χ3v) is 5.39. The number of imide groups is 1. The van der Waals surface area contributed by atoms with E-state index in [2.05, 4.69) is 21.2 Å². The summed E-state index contributed by atoms with van der Waals surface area (Å²) in [4.78, 5) is 26.8. The normalized spacial score (nSPS) is 21.6. The smallest absolute Gasteiger partial charge is 0.325 e. The number of hydrogen-bond acceptors (Lipinski definition) is 3. The van der Waals surface area contributed by atoms with Crippen LogP contribution in [0.4, 0.5) is 4.79 Å². The maximum Gasteiger partial charge on any atom is 0.325 e. The number of nitrogens with zero attached hydrogens (tertiary/aromatic N) is 1. The zero-order valence-electron chi connectivity index (χ0n) is 13.7. The molecule has 6 heteroatoms. The summed E-state index contributed by atoms with van der Waals surface area (Å²) < 4.78 is 6.12. The zero-order valence-corrected chi connectivity index (χ0v) is 15.3. The number of amides is 3.